The summed E-state index contributed by atoms with van der Waals surface area (Å²) in [6.07, 6.45) is 14.3. The molecule has 0 bridgehead atoms. The number of nitrogens with one attached hydrogen (secondary N) is 1. The van der Waals surface area contributed by atoms with Gasteiger partial charge in [-0.15, -0.1) is 0 Å². The van der Waals surface area contributed by atoms with Gasteiger partial charge in [0.15, 0.2) is 0 Å². The lowest BCUT2D eigenvalue weighted by Crippen LogP contribution is -2.49. The highest BCUT2D eigenvalue weighted by Gasteiger charge is 2.29. The molecule has 0 aromatic carbocycles. The third-order valence-electron chi connectivity index (χ3n) is 5.09. The van der Waals surface area contributed by atoms with Crippen molar-refractivity contribution in [1.82, 2.24) is 5.32 Å². The highest BCUT2D eigenvalue weighted by molar-refractivity contribution is 4.88. The maximum Gasteiger partial charge on any atom is 0.0178 e. The van der Waals surface area contributed by atoms with Gasteiger partial charge >= 0.3 is 0 Å². The van der Waals surface area contributed by atoms with Gasteiger partial charge in [-0.1, -0.05) is 72.1 Å². The zero-order chi connectivity index (χ0) is 14.1. The third kappa shape index (κ3) is 6.79. The molecule has 1 aliphatic carbocycles. The molecule has 1 saturated carbocycles. The van der Waals surface area contributed by atoms with Crippen LogP contribution < -0.4 is 5.32 Å². The summed E-state index contributed by atoms with van der Waals surface area (Å²) in [5.41, 5.74) is 0.365. The molecule has 0 spiro atoms. The Kier molecular flexibility index (Phi) is 8.06. The Morgan fingerprint density at radius 3 is 2.05 bits per heavy atom. The zero-order valence-corrected chi connectivity index (χ0v) is 13.9. The lowest BCUT2D eigenvalue weighted by Gasteiger charge is -2.38. The zero-order valence-electron chi connectivity index (χ0n) is 13.9. The van der Waals surface area contributed by atoms with Crippen molar-refractivity contribution in [3.05, 3.63) is 0 Å². The molecule has 0 radical (unpaired) electrons. The minimum atomic E-state index is 0.365. The minimum absolute atomic E-state index is 0.365. The first-order valence-electron chi connectivity index (χ1n) is 8.79. The van der Waals surface area contributed by atoms with Crippen LogP contribution in [0, 0.1) is 11.8 Å². The van der Waals surface area contributed by atoms with Gasteiger partial charge in [0.25, 0.3) is 0 Å². The maximum atomic E-state index is 3.90. The van der Waals surface area contributed by atoms with Gasteiger partial charge in [0, 0.05) is 5.54 Å². The molecule has 0 amide bonds. The second kappa shape index (κ2) is 9.00. The molecule has 2 unspecified atom stereocenters. The number of rotatable bonds is 3. The molecule has 1 heteroatoms. The first kappa shape index (κ1) is 17.0. The predicted octanol–water partition coefficient (Wildman–Crippen LogP) is 5.54. The summed E-state index contributed by atoms with van der Waals surface area (Å²) in [4.78, 5) is 0. The molecule has 2 atom stereocenters. The Hall–Kier alpha value is -0.0400. The molecule has 1 nitrogen and oxygen atoms in total. The highest BCUT2D eigenvalue weighted by atomic mass is 15.0. The summed E-state index contributed by atoms with van der Waals surface area (Å²) in [5, 5.41) is 3.90. The maximum absolute atomic E-state index is 3.90. The van der Waals surface area contributed by atoms with Crippen LogP contribution in [0.4, 0.5) is 0 Å². The lowest BCUT2D eigenvalue weighted by atomic mass is 9.78. The average molecular weight is 268 g/mol. The van der Waals surface area contributed by atoms with Crippen molar-refractivity contribution < 1.29 is 0 Å². The molecule has 1 aliphatic rings. The molecular formula is C18H37N. The van der Waals surface area contributed by atoms with Crippen LogP contribution in [0.3, 0.4) is 0 Å². The fraction of sp³-hybridized carbons (Fsp3) is 1.00. The molecule has 0 aliphatic heterocycles. The molecule has 1 fully saturated rings. The Morgan fingerprint density at radius 1 is 0.947 bits per heavy atom. The fourth-order valence-corrected chi connectivity index (χ4v) is 3.27. The van der Waals surface area contributed by atoms with E-state index in [0.29, 0.717) is 5.54 Å². The summed E-state index contributed by atoms with van der Waals surface area (Å²) in [7, 11) is 0. The molecule has 0 heterocycles. The van der Waals surface area contributed by atoms with E-state index in [0.717, 1.165) is 11.8 Å². The Balaban J connectivity index is 2.53. The quantitative estimate of drug-likeness (QED) is 0.707. The summed E-state index contributed by atoms with van der Waals surface area (Å²) in [5.74, 6) is 1.57. The third-order valence-corrected chi connectivity index (χ3v) is 5.09. The van der Waals surface area contributed by atoms with Crippen molar-refractivity contribution in [1.29, 1.82) is 0 Å². The summed E-state index contributed by atoms with van der Waals surface area (Å²) >= 11 is 0. The average Bonchev–Trinajstić information content (AvgIpc) is 2.36. The van der Waals surface area contributed by atoms with E-state index in [4.69, 9.17) is 0 Å². The van der Waals surface area contributed by atoms with E-state index in [9.17, 15) is 0 Å². The van der Waals surface area contributed by atoms with Gasteiger partial charge in [0.1, 0.15) is 0 Å². The molecule has 0 aromatic rings. The van der Waals surface area contributed by atoms with Gasteiger partial charge in [-0.3, -0.25) is 0 Å². The molecular weight excluding hydrogens is 230 g/mol. The Morgan fingerprint density at radius 2 is 1.47 bits per heavy atom. The lowest BCUT2D eigenvalue weighted by molar-refractivity contribution is 0.198. The second-order valence-corrected chi connectivity index (χ2v) is 7.46. The minimum Gasteiger partial charge on any atom is -0.311 e. The van der Waals surface area contributed by atoms with Gasteiger partial charge in [-0.2, -0.15) is 0 Å². The van der Waals surface area contributed by atoms with Gasteiger partial charge < -0.3 is 5.32 Å². The smallest absolute Gasteiger partial charge is 0.0178 e. The van der Waals surface area contributed by atoms with Gasteiger partial charge in [-0.05, 0) is 38.1 Å². The van der Waals surface area contributed by atoms with E-state index in [1.807, 2.05) is 0 Å². The number of hydrogen-bond acceptors (Lipinski definition) is 1. The largest absolute Gasteiger partial charge is 0.311 e. The van der Waals surface area contributed by atoms with Gasteiger partial charge in [0.2, 0.25) is 0 Å². The molecule has 1 rings (SSSR count). The van der Waals surface area contributed by atoms with Crippen molar-refractivity contribution in [2.75, 3.05) is 6.54 Å². The first-order valence-corrected chi connectivity index (χ1v) is 8.79. The summed E-state index contributed by atoms with van der Waals surface area (Å²) in [6.45, 7) is 10.7. The van der Waals surface area contributed by atoms with Crippen molar-refractivity contribution in [3.63, 3.8) is 0 Å². The topological polar surface area (TPSA) is 12.0 Å². The van der Waals surface area contributed by atoms with E-state index in [-0.39, 0.29) is 0 Å². The van der Waals surface area contributed by atoms with Crippen LogP contribution in [0.1, 0.15) is 91.9 Å². The molecule has 19 heavy (non-hydrogen) atoms. The van der Waals surface area contributed by atoms with Crippen molar-refractivity contribution >= 4 is 0 Å². The first-order chi connectivity index (χ1) is 9.04. The van der Waals surface area contributed by atoms with Crippen molar-refractivity contribution in [3.8, 4) is 0 Å². The van der Waals surface area contributed by atoms with Crippen LogP contribution in [0.25, 0.3) is 0 Å². The standard InChI is InChI=1S/C18H37N/c1-16(2)15-19-18(4)14-12-10-8-6-5-7-9-11-13-17(18)3/h16-17,19H,5-15H2,1-4H3. The second-order valence-electron chi connectivity index (χ2n) is 7.46. The summed E-state index contributed by atoms with van der Waals surface area (Å²) in [6, 6.07) is 0. The van der Waals surface area contributed by atoms with Gasteiger partial charge in [0.05, 0.1) is 0 Å². The highest BCUT2D eigenvalue weighted by Crippen LogP contribution is 2.29. The van der Waals surface area contributed by atoms with Crippen LogP contribution in [0.2, 0.25) is 0 Å². The van der Waals surface area contributed by atoms with E-state index in [1.54, 1.807) is 0 Å². The van der Waals surface area contributed by atoms with Crippen LogP contribution in [-0.2, 0) is 0 Å². The van der Waals surface area contributed by atoms with Crippen molar-refractivity contribution in [2.45, 2.75) is 97.4 Å². The van der Waals surface area contributed by atoms with E-state index >= 15 is 0 Å². The normalized spacial score (nSPS) is 31.7. The van der Waals surface area contributed by atoms with Crippen LogP contribution in [-0.4, -0.2) is 12.1 Å². The van der Waals surface area contributed by atoms with Crippen LogP contribution >= 0.6 is 0 Å². The van der Waals surface area contributed by atoms with E-state index in [1.165, 1.54) is 70.8 Å². The van der Waals surface area contributed by atoms with Gasteiger partial charge in [-0.25, -0.2) is 0 Å². The van der Waals surface area contributed by atoms with E-state index < -0.39 is 0 Å². The van der Waals surface area contributed by atoms with Crippen LogP contribution in [0.15, 0.2) is 0 Å². The SMILES string of the molecule is CC(C)CNC1(C)CCCCCCCCCCC1C. The fourth-order valence-electron chi connectivity index (χ4n) is 3.27. The molecule has 0 aromatic heterocycles. The Bertz CT molecular complexity index is 224. The van der Waals surface area contributed by atoms with E-state index in [2.05, 4.69) is 33.0 Å². The Labute approximate surface area is 121 Å². The molecule has 1 N–H and O–H groups in total. The number of hydrogen-bond donors (Lipinski definition) is 1. The van der Waals surface area contributed by atoms with Crippen molar-refractivity contribution in [2.24, 2.45) is 11.8 Å². The molecule has 0 saturated heterocycles. The summed E-state index contributed by atoms with van der Waals surface area (Å²) < 4.78 is 0. The monoisotopic (exact) mass is 267 g/mol. The van der Waals surface area contributed by atoms with Crippen LogP contribution in [0.5, 0.6) is 0 Å². The predicted molar refractivity (Wildman–Crippen MR) is 86.6 cm³/mol. The molecule has 114 valence electrons.